The Morgan fingerprint density at radius 3 is 2.89 bits per heavy atom. The van der Waals surface area contributed by atoms with E-state index in [0.717, 1.165) is 18.5 Å². The summed E-state index contributed by atoms with van der Waals surface area (Å²) in [5.41, 5.74) is 0.793. The maximum Gasteiger partial charge on any atom is 0.176 e. The second-order valence-corrected chi connectivity index (χ2v) is 4.34. The third kappa shape index (κ3) is 3.78. The summed E-state index contributed by atoms with van der Waals surface area (Å²) in [6.45, 7) is 2.91. The molecule has 0 spiro atoms. The highest BCUT2D eigenvalue weighted by Crippen LogP contribution is 2.16. The first-order valence-corrected chi connectivity index (χ1v) is 6.25. The lowest BCUT2D eigenvalue weighted by Gasteiger charge is -2.16. The average molecular weight is 264 g/mol. The molecule has 2 aromatic heterocycles. The molecule has 1 N–H and O–H groups in total. The standard InChI is InChI=1S/C12H17FN6/c1-3-4-15-11(6-12-16-18-19(2)17-12)9-5-10(13)8-14-7-9/h5,7-8,11,15H,3-4,6H2,1-2H3. The zero-order valence-corrected chi connectivity index (χ0v) is 11.0. The minimum atomic E-state index is -0.340. The Hall–Kier alpha value is -1.89. The fraction of sp³-hybridized carbons (Fsp3) is 0.500. The van der Waals surface area contributed by atoms with Crippen molar-refractivity contribution in [3.05, 3.63) is 35.7 Å². The van der Waals surface area contributed by atoms with Crippen molar-refractivity contribution in [2.45, 2.75) is 25.8 Å². The summed E-state index contributed by atoms with van der Waals surface area (Å²) in [6, 6.07) is 1.42. The predicted octanol–water partition coefficient (Wildman–Crippen LogP) is 1.03. The van der Waals surface area contributed by atoms with Crippen LogP contribution in [-0.2, 0) is 13.5 Å². The van der Waals surface area contributed by atoms with E-state index in [9.17, 15) is 4.39 Å². The fourth-order valence-corrected chi connectivity index (χ4v) is 1.83. The number of halogens is 1. The summed E-state index contributed by atoms with van der Waals surface area (Å²) in [4.78, 5) is 5.30. The number of rotatable bonds is 6. The number of nitrogens with zero attached hydrogens (tertiary/aromatic N) is 5. The van der Waals surface area contributed by atoms with Crippen molar-refractivity contribution in [3.63, 3.8) is 0 Å². The number of pyridine rings is 1. The van der Waals surface area contributed by atoms with Gasteiger partial charge in [0.25, 0.3) is 0 Å². The number of nitrogens with one attached hydrogen (secondary N) is 1. The summed E-state index contributed by atoms with van der Waals surface area (Å²) in [6.07, 6.45) is 4.40. The molecule has 2 heterocycles. The molecule has 102 valence electrons. The highest BCUT2D eigenvalue weighted by Gasteiger charge is 2.15. The molecule has 2 aromatic rings. The summed E-state index contributed by atoms with van der Waals surface area (Å²) < 4.78 is 13.3. The van der Waals surface area contributed by atoms with Crippen molar-refractivity contribution < 1.29 is 4.39 Å². The first-order chi connectivity index (χ1) is 9.19. The molecule has 19 heavy (non-hydrogen) atoms. The van der Waals surface area contributed by atoms with E-state index in [2.05, 4.69) is 32.6 Å². The Bertz CT molecular complexity index is 526. The number of aryl methyl sites for hydroxylation is 1. The fourth-order valence-electron chi connectivity index (χ4n) is 1.83. The van der Waals surface area contributed by atoms with Crippen molar-refractivity contribution >= 4 is 0 Å². The van der Waals surface area contributed by atoms with Gasteiger partial charge in [0.1, 0.15) is 5.82 Å². The van der Waals surface area contributed by atoms with E-state index in [-0.39, 0.29) is 11.9 Å². The summed E-state index contributed by atoms with van der Waals surface area (Å²) in [5.74, 6) is 0.285. The van der Waals surface area contributed by atoms with E-state index in [4.69, 9.17) is 0 Å². The number of tetrazole rings is 1. The molecule has 0 saturated heterocycles. The first-order valence-electron chi connectivity index (χ1n) is 6.25. The van der Waals surface area contributed by atoms with Crippen molar-refractivity contribution in [2.24, 2.45) is 7.05 Å². The summed E-state index contributed by atoms with van der Waals surface area (Å²) in [7, 11) is 1.72. The van der Waals surface area contributed by atoms with Crippen LogP contribution in [0.2, 0.25) is 0 Å². The van der Waals surface area contributed by atoms with E-state index in [1.54, 1.807) is 13.2 Å². The second-order valence-electron chi connectivity index (χ2n) is 4.34. The van der Waals surface area contributed by atoms with E-state index in [1.807, 2.05) is 0 Å². The van der Waals surface area contributed by atoms with Gasteiger partial charge in [-0.25, -0.2) is 4.39 Å². The van der Waals surface area contributed by atoms with Gasteiger partial charge in [0.2, 0.25) is 0 Å². The zero-order chi connectivity index (χ0) is 13.7. The highest BCUT2D eigenvalue weighted by atomic mass is 19.1. The quantitative estimate of drug-likeness (QED) is 0.844. The molecule has 0 amide bonds. The summed E-state index contributed by atoms with van der Waals surface area (Å²) in [5, 5.41) is 15.3. The van der Waals surface area contributed by atoms with Crippen molar-refractivity contribution in [2.75, 3.05) is 6.54 Å². The molecule has 2 rings (SSSR count). The van der Waals surface area contributed by atoms with E-state index in [0.29, 0.717) is 12.2 Å². The molecular formula is C12H17FN6. The molecule has 6 nitrogen and oxygen atoms in total. The molecule has 0 radical (unpaired) electrons. The van der Waals surface area contributed by atoms with Gasteiger partial charge in [-0.1, -0.05) is 6.92 Å². The van der Waals surface area contributed by atoms with Gasteiger partial charge >= 0.3 is 0 Å². The highest BCUT2D eigenvalue weighted by molar-refractivity contribution is 5.16. The van der Waals surface area contributed by atoms with Gasteiger partial charge < -0.3 is 5.32 Å². The molecule has 0 saturated carbocycles. The lowest BCUT2D eigenvalue weighted by atomic mass is 10.1. The van der Waals surface area contributed by atoms with Crippen LogP contribution in [-0.4, -0.2) is 31.7 Å². The monoisotopic (exact) mass is 264 g/mol. The minimum Gasteiger partial charge on any atom is -0.309 e. The molecule has 0 aliphatic heterocycles. The third-order valence-electron chi connectivity index (χ3n) is 2.71. The Balaban J connectivity index is 2.15. The normalized spacial score (nSPS) is 12.6. The zero-order valence-electron chi connectivity index (χ0n) is 11.0. The topological polar surface area (TPSA) is 68.5 Å². The maximum atomic E-state index is 13.3. The Morgan fingerprint density at radius 1 is 1.42 bits per heavy atom. The van der Waals surface area contributed by atoms with E-state index >= 15 is 0 Å². The van der Waals surface area contributed by atoms with Crippen LogP contribution >= 0.6 is 0 Å². The molecule has 0 aliphatic rings. The molecule has 1 atom stereocenters. The van der Waals surface area contributed by atoms with Gasteiger partial charge in [0, 0.05) is 18.7 Å². The van der Waals surface area contributed by atoms with Crippen LogP contribution in [0.1, 0.15) is 30.8 Å². The first kappa shape index (κ1) is 13.5. The van der Waals surface area contributed by atoms with Crippen LogP contribution in [0.4, 0.5) is 4.39 Å². The molecule has 0 fully saturated rings. The number of hydrogen-bond acceptors (Lipinski definition) is 5. The molecular weight excluding hydrogens is 247 g/mol. The Labute approximate surface area is 111 Å². The molecule has 7 heteroatoms. The van der Waals surface area contributed by atoms with Gasteiger partial charge in [-0.2, -0.15) is 4.80 Å². The van der Waals surface area contributed by atoms with Gasteiger partial charge in [0.05, 0.1) is 13.2 Å². The van der Waals surface area contributed by atoms with Crippen molar-refractivity contribution in [3.8, 4) is 0 Å². The smallest absolute Gasteiger partial charge is 0.176 e. The van der Waals surface area contributed by atoms with Gasteiger partial charge in [-0.05, 0) is 29.8 Å². The van der Waals surface area contributed by atoms with Crippen LogP contribution in [0, 0.1) is 5.82 Å². The van der Waals surface area contributed by atoms with Crippen LogP contribution < -0.4 is 5.32 Å². The van der Waals surface area contributed by atoms with Crippen molar-refractivity contribution in [1.29, 1.82) is 0 Å². The number of hydrogen-bond donors (Lipinski definition) is 1. The lowest BCUT2D eigenvalue weighted by molar-refractivity contribution is 0.510. The average Bonchev–Trinajstić information content (AvgIpc) is 2.80. The van der Waals surface area contributed by atoms with Crippen molar-refractivity contribution in [1.82, 2.24) is 30.5 Å². The number of aromatic nitrogens is 5. The van der Waals surface area contributed by atoms with Crippen LogP contribution in [0.25, 0.3) is 0 Å². The maximum absolute atomic E-state index is 13.3. The molecule has 0 aromatic carbocycles. The van der Waals surface area contributed by atoms with Crippen LogP contribution in [0.5, 0.6) is 0 Å². The summed E-state index contributed by atoms with van der Waals surface area (Å²) >= 11 is 0. The Kier molecular flexibility index (Phi) is 4.51. The molecule has 0 aliphatic carbocycles. The Morgan fingerprint density at radius 2 is 2.26 bits per heavy atom. The second kappa shape index (κ2) is 6.33. The lowest BCUT2D eigenvalue weighted by Crippen LogP contribution is -2.25. The van der Waals surface area contributed by atoms with E-state index < -0.39 is 0 Å². The molecule has 0 bridgehead atoms. The third-order valence-corrected chi connectivity index (χ3v) is 2.71. The van der Waals surface area contributed by atoms with Gasteiger partial charge in [-0.15, -0.1) is 10.2 Å². The predicted molar refractivity (Wildman–Crippen MR) is 67.7 cm³/mol. The SMILES string of the molecule is CCCNC(Cc1nnn(C)n1)c1cncc(F)c1. The van der Waals surface area contributed by atoms with Crippen LogP contribution in [0.15, 0.2) is 18.5 Å². The van der Waals surface area contributed by atoms with Gasteiger partial charge in [-0.3, -0.25) is 4.98 Å². The van der Waals surface area contributed by atoms with Crippen LogP contribution in [0.3, 0.4) is 0 Å². The molecule has 1 unspecified atom stereocenters. The van der Waals surface area contributed by atoms with Gasteiger partial charge in [0.15, 0.2) is 5.82 Å². The largest absolute Gasteiger partial charge is 0.309 e. The van der Waals surface area contributed by atoms with E-state index in [1.165, 1.54) is 17.1 Å². The minimum absolute atomic E-state index is 0.0626.